The molecule has 1 aliphatic rings. The number of hydrogen-bond donors (Lipinski definition) is 3. The van der Waals surface area contributed by atoms with Crippen molar-refractivity contribution in [1.29, 1.82) is 0 Å². The number of carboxylic acids is 1. The second kappa shape index (κ2) is 6.92. The van der Waals surface area contributed by atoms with E-state index in [1.54, 1.807) is 4.90 Å². The number of carboxylic acid groups (broad SMARTS) is 1. The maximum absolute atomic E-state index is 12.0. The maximum atomic E-state index is 12.0. The Labute approximate surface area is 120 Å². The summed E-state index contributed by atoms with van der Waals surface area (Å²) in [5, 5.41) is 20.9. The van der Waals surface area contributed by atoms with Crippen molar-refractivity contribution < 1.29 is 19.8 Å². The monoisotopic (exact) mass is 286 g/mol. The SMILES string of the molecule is CC(C)C1CCCN(C(=O)NCC(C)(O)C(=O)O)CC1. The lowest BCUT2D eigenvalue weighted by Crippen LogP contribution is -2.50. The normalized spacial score (nSPS) is 23.1. The van der Waals surface area contributed by atoms with Crippen LogP contribution >= 0.6 is 0 Å². The first kappa shape index (κ1) is 16.8. The highest BCUT2D eigenvalue weighted by atomic mass is 16.4. The number of aliphatic hydroxyl groups is 1. The van der Waals surface area contributed by atoms with Crippen molar-refractivity contribution >= 4 is 12.0 Å². The fourth-order valence-corrected chi connectivity index (χ4v) is 2.43. The summed E-state index contributed by atoms with van der Waals surface area (Å²) in [6.07, 6.45) is 3.06. The zero-order valence-electron chi connectivity index (χ0n) is 12.6. The molecule has 6 heteroatoms. The van der Waals surface area contributed by atoms with Gasteiger partial charge in [0.05, 0.1) is 6.54 Å². The van der Waals surface area contributed by atoms with Crippen molar-refractivity contribution in [2.45, 2.75) is 45.6 Å². The van der Waals surface area contributed by atoms with Crippen LogP contribution in [-0.4, -0.2) is 52.3 Å². The van der Waals surface area contributed by atoms with Crippen LogP contribution < -0.4 is 5.32 Å². The second-order valence-electron chi connectivity index (χ2n) is 6.16. The molecule has 0 saturated carbocycles. The molecule has 1 fully saturated rings. The smallest absolute Gasteiger partial charge is 0.337 e. The Kier molecular flexibility index (Phi) is 5.80. The number of nitrogens with one attached hydrogen (secondary N) is 1. The summed E-state index contributed by atoms with van der Waals surface area (Å²) in [7, 11) is 0. The number of likely N-dealkylation sites (tertiary alicyclic amines) is 1. The first-order valence-corrected chi connectivity index (χ1v) is 7.22. The molecule has 1 aliphatic heterocycles. The van der Waals surface area contributed by atoms with Crippen LogP contribution in [0.4, 0.5) is 4.79 Å². The van der Waals surface area contributed by atoms with Gasteiger partial charge in [-0.1, -0.05) is 13.8 Å². The molecule has 1 saturated heterocycles. The molecule has 0 aromatic rings. The van der Waals surface area contributed by atoms with Crippen LogP contribution in [0.5, 0.6) is 0 Å². The van der Waals surface area contributed by atoms with Crippen molar-refractivity contribution in [3.05, 3.63) is 0 Å². The minimum Gasteiger partial charge on any atom is -0.479 e. The van der Waals surface area contributed by atoms with E-state index in [1.807, 2.05) is 0 Å². The maximum Gasteiger partial charge on any atom is 0.337 e. The van der Waals surface area contributed by atoms with Crippen LogP contribution in [0.1, 0.15) is 40.0 Å². The summed E-state index contributed by atoms with van der Waals surface area (Å²) in [4.78, 5) is 24.5. The van der Waals surface area contributed by atoms with Gasteiger partial charge in [-0.25, -0.2) is 9.59 Å². The topological polar surface area (TPSA) is 89.9 Å². The van der Waals surface area contributed by atoms with E-state index >= 15 is 0 Å². The van der Waals surface area contributed by atoms with E-state index in [0.29, 0.717) is 24.9 Å². The van der Waals surface area contributed by atoms with E-state index in [0.717, 1.165) is 19.3 Å². The van der Waals surface area contributed by atoms with Crippen LogP contribution in [-0.2, 0) is 4.79 Å². The molecule has 0 aliphatic carbocycles. The van der Waals surface area contributed by atoms with Gasteiger partial charge in [0, 0.05) is 13.1 Å². The van der Waals surface area contributed by atoms with Crippen molar-refractivity contribution in [3.63, 3.8) is 0 Å². The Bertz CT molecular complexity index is 355. The van der Waals surface area contributed by atoms with E-state index in [4.69, 9.17) is 5.11 Å². The molecule has 0 spiro atoms. The minimum absolute atomic E-state index is 0.286. The summed E-state index contributed by atoms with van der Waals surface area (Å²) >= 11 is 0. The van der Waals surface area contributed by atoms with E-state index < -0.39 is 11.6 Å². The number of hydrogen-bond acceptors (Lipinski definition) is 3. The highest BCUT2D eigenvalue weighted by molar-refractivity contribution is 5.79. The van der Waals surface area contributed by atoms with Gasteiger partial charge in [0.2, 0.25) is 0 Å². The lowest BCUT2D eigenvalue weighted by molar-refractivity contribution is -0.155. The molecule has 3 N–H and O–H groups in total. The van der Waals surface area contributed by atoms with Crippen LogP contribution in [0.15, 0.2) is 0 Å². The van der Waals surface area contributed by atoms with Crippen molar-refractivity contribution in [3.8, 4) is 0 Å². The van der Waals surface area contributed by atoms with Gasteiger partial charge in [-0.3, -0.25) is 0 Å². The Morgan fingerprint density at radius 3 is 2.55 bits per heavy atom. The summed E-state index contributed by atoms with van der Waals surface area (Å²) in [6, 6.07) is -0.295. The van der Waals surface area contributed by atoms with Gasteiger partial charge in [-0.05, 0) is 38.0 Å². The third-order valence-corrected chi connectivity index (χ3v) is 4.05. The molecule has 116 valence electrons. The number of rotatable bonds is 4. The third-order valence-electron chi connectivity index (χ3n) is 4.05. The standard InChI is InChI=1S/C14H26N2O4/c1-10(2)11-5-4-7-16(8-6-11)13(19)15-9-14(3,20)12(17)18/h10-11,20H,4-9H2,1-3H3,(H,15,19)(H,17,18). The Morgan fingerprint density at radius 2 is 2.00 bits per heavy atom. The zero-order chi connectivity index (χ0) is 15.3. The molecule has 1 rings (SSSR count). The third kappa shape index (κ3) is 4.67. The highest BCUT2D eigenvalue weighted by Gasteiger charge is 2.31. The first-order valence-electron chi connectivity index (χ1n) is 7.22. The number of aliphatic carboxylic acids is 1. The molecule has 6 nitrogen and oxygen atoms in total. The summed E-state index contributed by atoms with van der Waals surface area (Å²) in [5.74, 6) is -0.0887. The molecule has 20 heavy (non-hydrogen) atoms. The quantitative estimate of drug-likeness (QED) is 0.726. The molecule has 2 atom stereocenters. The van der Waals surface area contributed by atoms with Gasteiger partial charge < -0.3 is 20.4 Å². The molecular formula is C14H26N2O4. The number of carbonyl (C=O) groups is 2. The van der Waals surface area contributed by atoms with Crippen molar-refractivity contribution in [2.24, 2.45) is 11.8 Å². The average Bonchev–Trinajstić information content (AvgIpc) is 2.61. The van der Waals surface area contributed by atoms with Gasteiger partial charge in [-0.15, -0.1) is 0 Å². The fourth-order valence-electron chi connectivity index (χ4n) is 2.43. The van der Waals surface area contributed by atoms with Crippen LogP contribution in [0, 0.1) is 11.8 Å². The summed E-state index contributed by atoms with van der Waals surface area (Å²) < 4.78 is 0. The predicted molar refractivity (Wildman–Crippen MR) is 75.4 cm³/mol. The van der Waals surface area contributed by atoms with Crippen LogP contribution in [0.2, 0.25) is 0 Å². The summed E-state index contributed by atoms with van der Waals surface area (Å²) in [6.45, 7) is 6.65. The van der Waals surface area contributed by atoms with Gasteiger partial charge in [0.25, 0.3) is 0 Å². The van der Waals surface area contributed by atoms with Crippen LogP contribution in [0.25, 0.3) is 0 Å². The van der Waals surface area contributed by atoms with E-state index in [9.17, 15) is 14.7 Å². The van der Waals surface area contributed by atoms with E-state index in [2.05, 4.69) is 19.2 Å². The van der Waals surface area contributed by atoms with Crippen LogP contribution in [0.3, 0.4) is 0 Å². The zero-order valence-corrected chi connectivity index (χ0v) is 12.6. The number of nitrogens with zero attached hydrogens (tertiary/aromatic N) is 1. The molecule has 0 bridgehead atoms. The fraction of sp³-hybridized carbons (Fsp3) is 0.857. The Balaban J connectivity index is 2.46. The first-order chi connectivity index (χ1) is 9.24. The van der Waals surface area contributed by atoms with Gasteiger partial charge >= 0.3 is 12.0 Å². The second-order valence-corrected chi connectivity index (χ2v) is 6.16. The molecule has 2 amide bonds. The number of urea groups is 1. The lowest BCUT2D eigenvalue weighted by Gasteiger charge is -2.24. The molecule has 2 unspecified atom stereocenters. The highest BCUT2D eigenvalue weighted by Crippen LogP contribution is 2.24. The lowest BCUT2D eigenvalue weighted by atomic mass is 9.89. The van der Waals surface area contributed by atoms with Gasteiger partial charge in [0.15, 0.2) is 5.60 Å². The Hall–Kier alpha value is -1.30. The number of carbonyl (C=O) groups excluding carboxylic acids is 1. The van der Waals surface area contributed by atoms with E-state index in [-0.39, 0.29) is 12.6 Å². The Morgan fingerprint density at radius 1 is 1.35 bits per heavy atom. The number of amides is 2. The largest absolute Gasteiger partial charge is 0.479 e. The molecule has 0 aromatic carbocycles. The predicted octanol–water partition coefficient (Wildman–Crippen LogP) is 1.29. The summed E-state index contributed by atoms with van der Waals surface area (Å²) in [5.41, 5.74) is -1.93. The van der Waals surface area contributed by atoms with Crippen molar-refractivity contribution in [1.82, 2.24) is 10.2 Å². The van der Waals surface area contributed by atoms with Gasteiger partial charge in [-0.2, -0.15) is 0 Å². The minimum atomic E-state index is -1.93. The van der Waals surface area contributed by atoms with Crippen molar-refractivity contribution in [2.75, 3.05) is 19.6 Å². The molecule has 0 aromatic heterocycles. The van der Waals surface area contributed by atoms with Gasteiger partial charge in [0.1, 0.15) is 0 Å². The molecular weight excluding hydrogens is 260 g/mol. The van der Waals surface area contributed by atoms with E-state index in [1.165, 1.54) is 6.92 Å². The molecule has 0 radical (unpaired) electrons. The average molecular weight is 286 g/mol. The molecule has 1 heterocycles.